The molecule has 0 bridgehead atoms. The summed E-state index contributed by atoms with van der Waals surface area (Å²) in [5.41, 5.74) is 4.37. The maximum absolute atomic E-state index is 5.12. The summed E-state index contributed by atoms with van der Waals surface area (Å²) in [5, 5.41) is 7.99. The highest BCUT2D eigenvalue weighted by Gasteiger charge is 1.95. The van der Waals surface area contributed by atoms with E-state index in [0.29, 0.717) is 0 Å². The second kappa shape index (κ2) is 6.39. The van der Waals surface area contributed by atoms with Gasteiger partial charge in [0.25, 0.3) is 0 Å². The molecule has 2 rings (SSSR count). The topological polar surface area (TPSA) is 55.2 Å². The van der Waals surface area contributed by atoms with Crippen LogP contribution in [0.2, 0.25) is 0 Å². The predicted molar refractivity (Wildman–Crippen MR) is 74.1 cm³/mol. The number of hydrogen-bond acceptors (Lipinski definition) is 4. The van der Waals surface area contributed by atoms with Crippen LogP contribution in [0.5, 0.6) is 11.5 Å². The van der Waals surface area contributed by atoms with Crippen molar-refractivity contribution in [3.05, 3.63) is 48.5 Å². The summed E-state index contributed by atoms with van der Waals surface area (Å²) in [6.45, 7) is 0. The second-order valence-corrected chi connectivity index (χ2v) is 3.75. The molecule has 0 amide bonds. The quantitative estimate of drug-likeness (QED) is 0.654. The minimum atomic E-state index is 0.717. The van der Waals surface area contributed by atoms with Crippen molar-refractivity contribution in [1.29, 1.82) is 0 Å². The fourth-order valence-corrected chi connectivity index (χ4v) is 1.51. The molecule has 0 saturated heterocycles. The molecule has 5 nitrogen and oxygen atoms in total. The zero-order valence-corrected chi connectivity index (χ0v) is 10.8. The van der Waals surface area contributed by atoms with Crippen LogP contribution in [0.3, 0.4) is 0 Å². The Hall–Kier alpha value is -2.56. The lowest BCUT2D eigenvalue weighted by Gasteiger charge is -2.02. The summed E-state index contributed by atoms with van der Waals surface area (Å²) < 4.78 is 10.2. The minimum Gasteiger partial charge on any atom is -0.497 e. The Morgan fingerprint density at radius 3 is 2.32 bits per heavy atom. The normalized spacial score (nSPS) is 10.4. The van der Waals surface area contributed by atoms with Crippen LogP contribution in [0, 0.1) is 0 Å². The largest absolute Gasteiger partial charge is 0.497 e. The molecule has 2 aromatic rings. The first-order valence-electron chi connectivity index (χ1n) is 5.76. The van der Waals surface area contributed by atoms with Gasteiger partial charge in [0.2, 0.25) is 0 Å². The third kappa shape index (κ3) is 3.70. The lowest BCUT2D eigenvalue weighted by Crippen LogP contribution is -1.88. The molecule has 0 aliphatic heterocycles. The number of anilines is 1. The number of rotatable bonds is 5. The SMILES string of the molecule is COc1cccc(N=NNc2cccc(OC)c2)c1. The molecule has 2 aromatic carbocycles. The zero-order valence-electron chi connectivity index (χ0n) is 10.8. The fraction of sp³-hybridized carbons (Fsp3) is 0.143. The lowest BCUT2D eigenvalue weighted by molar-refractivity contribution is 0.415. The maximum Gasteiger partial charge on any atom is 0.121 e. The molecule has 98 valence electrons. The van der Waals surface area contributed by atoms with Crippen molar-refractivity contribution in [2.75, 3.05) is 19.6 Å². The van der Waals surface area contributed by atoms with Gasteiger partial charge >= 0.3 is 0 Å². The van der Waals surface area contributed by atoms with Crippen LogP contribution in [0.25, 0.3) is 0 Å². The van der Waals surface area contributed by atoms with E-state index in [4.69, 9.17) is 9.47 Å². The molecule has 0 spiro atoms. The van der Waals surface area contributed by atoms with E-state index < -0.39 is 0 Å². The number of hydrogen-bond donors (Lipinski definition) is 1. The van der Waals surface area contributed by atoms with E-state index in [1.165, 1.54) is 0 Å². The average Bonchev–Trinajstić information content (AvgIpc) is 2.48. The average molecular weight is 257 g/mol. The van der Waals surface area contributed by atoms with Crippen molar-refractivity contribution in [3.63, 3.8) is 0 Å². The van der Waals surface area contributed by atoms with E-state index in [-0.39, 0.29) is 0 Å². The van der Waals surface area contributed by atoms with Crippen molar-refractivity contribution in [3.8, 4) is 11.5 Å². The molecule has 19 heavy (non-hydrogen) atoms. The van der Waals surface area contributed by atoms with Crippen LogP contribution in [0.1, 0.15) is 0 Å². The molecule has 5 heteroatoms. The van der Waals surface area contributed by atoms with E-state index in [0.717, 1.165) is 22.9 Å². The Bertz CT molecular complexity index is 570. The van der Waals surface area contributed by atoms with Gasteiger partial charge in [0.1, 0.15) is 11.5 Å². The summed E-state index contributed by atoms with van der Waals surface area (Å²) in [6.07, 6.45) is 0. The highest BCUT2D eigenvalue weighted by atomic mass is 16.5. The van der Waals surface area contributed by atoms with Crippen LogP contribution in [-0.2, 0) is 0 Å². The van der Waals surface area contributed by atoms with Crippen LogP contribution in [-0.4, -0.2) is 14.2 Å². The molecule has 0 fully saturated rings. The fourth-order valence-electron chi connectivity index (χ4n) is 1.51. The Morgan fingerprint density at radius 1 is 0.895 bits per heavy atom. The van der Waals surface area contributed by atoms with E-state index in [1.807, 2.05) is 42.5 Å². The highest BCUT2D eigenvalue weighted by molar-refractivity contribution is 5.48. The van der Waals surface area contributed by atoms with Crippen molar-refractivity contribution in [2.24, 2.45) is 10.3 Å². The standard InChI is InChI=1S/C14H15N3O2/c1-18-13-7-3-5-11(9-13)15-17-16-12-6-4-8-14(10-12)19-2/h3-10H,1-2H3,(H,15,16). The van der Waals surface area contributed by atoms with E-state index >= 15 is 0 Å². The minimum absolute atomic E-state index is 0.717. The zero-order chi connectivity index (χ0) is 13.5. The summed E-state index contributed by atoms with van der Waals surface area (Å²) >= 11 is 0. The van der Waals surface area contributed by atoms with E-state index in [1.54, 1.807) is 20.3 Å². The van der Waals surface area contributed by atoms with Gasteiger partial charge in [0.05, 0.1) is 25.6 Å². The molecule has 0 atom stereocenters. The third-order valence-corrected chi connectivity index (χ3v) is 2.47. The summed E-state index contributed by atoms with van der Waals surface area (Å²) in [5.74, 6) is 1.51. The number of nitrogens with one attached hydrogen (secondary N) is 1. The number of methoxy groups -OCH3 is 2. The Labute approximate surface area is 111 Å². The Balaban J connectivity index is 2.02. The maximum atomic E-state index is 5.12. The molecule has 0 unspecified atom stereocenters. The van der Waals surface area contributed by atoms with Gasteiger partial charge in [-0.3, -0.25) is 5.43 Å². The molecule has 0 saturated carbocycles. The van der Waals surface area contributed by atoms with Gasteiger partial charge in [-0.15, -0.1) is 5.11 Å². The van der Waals surface area contributed by atoms with Gasteiger partial charge in [0.15, 0.2) is 0 Å². The number of nitrogens with zero attached hydrogens (tertiary/aromatic N) is 2. The predicted octanol–water partition coefficient (Wildman–Crippen LogP) is 3.81. The van der Waals surface area contributed by atoms with Crippen molar-refractivity contribution < 1.29 is 9.47 Å². The third-order valence-electron chi connectivity index (χ3n) is 2.47. The van der Waals surface area contributed by atoms with Crippen LogP contribution in [0.4, 0.5) is 11.4 Å². The van der Waals surface area contributed by atoms with Gasteiger partial charge in [-0.1, -0.05) is 17.4 Å². The molecule has 0 radical (unpaired) electrons. The van der Waals surface area contributed by atoms with Gasteiger partial charge in [-0.05, 0) is 24.3 Å². The second-order valence-electron chi connectivity index (χ2n) is 3.75. The van der Waals surface area contributed by atoms with Gasteiger partial charge in [-0.2, -0.15) is 0 Å². The molecular weight excluding hydrogens is 242 g/mol. The summed E-state index contributed by atoms with van der Waals surface area (Å²) in [4.78, 5) is 0. The Morgan fingerprint density at radius 2 is 1.58 bits per heavy atom. The van der Waals surface area contributed by atoms with E-state index in [9.17, 15) is 0 Å². The summed E-state index contributed by atoms with van der Waals surface area (Å²) in [6, 6.07) is 14.8. The molecule has 0 aliphatic carbocycles. The number of benzene rings is 2. The van der Waals surface area contributed by atoms with Gasteiger partial charge in [-0.25, -0.2) is 0 Å². The van der Waals surface area contributed by atoms with Crippen molar-refractivity contribution in [2.45, 2.75) is 0 Å². The first kappa shape index (κ1) is 12.9. The highest BCUT2D eigenvalue weighted by Crippen LogP contribution is 2.20. The van der Waals surface area contributed by atoms with Gasteiger partial charge in [0, 0.05) is 12.1 Å². The number of ether oxygens (including phenoxy) is 2. The summed E-state index contributed by atoms with van der Waals surface area (Å²) in [7, 11) is 3.24. The lowest BCUT2D eigenvalue weighted by atomic mass is 10.3. The molecule has 0 aliphatic rings. The smallest absolute Gasteiger partial charge is 0.121 e. The van der Waals surface area contributed by atoms with Crippen LogP contribution in [0.15, 0.2) is 58.9 Å². The molecule has 1 N–H and O–H groups in total. The van der Waals surface area contributed by atoms with Gasteiger partial charge < -0.3 is 9.47 Å². The monoisotopic (exact) mass is 257 g/mol. The Kier molecular flexibility index (Phi) is 4.34. The van der Waals surface area contributed by atoms with Crippen molar-refractivity contribution >= 4 is 11.4 Å². The molecule has 0 heterocycles. The molecule has 0 aromatic heterocycles. The first-order chi connectivity index (χ1) is 9.31. The van der Waals surface area contributed by atoms with Crippen molar-refractivity contribution in [1.82, 2.24) is 0 Å². The first-order valence-corrected chi connectivity index (χ1v) is 5.76. The van der Waals surface area contributed by atoms with Crippen LogP contribution < -0.4 is 14.9 Å². The van der Waals surface area contributed by atoms with E-state index in [2.05, 4.69) is 15.8 Å². The molecular formula is C14H15N3O2. The van der Waals surface area contributed by atoms with Crippen LogP contribution >= 0.6 is 0 Å².